The van der Waals surface area contributed by atoms with Gasteiger partial charge in [-0.05, 0) is 69.7 Å². The summed E-state index contributed by atoms with van der Waals surface area (Å²) in [5.41, 5.74) is 3.88. The maximum Gasteiger partial charge on any atom is 0.337 e. The van der Waals surface area contributed by atoms with Crippen molar-refractivity contribution in [3.05, 3.63) is 83.5 Å². The lowest BCUT2D eigenvalue weighted by Gasteiger charge is -2.23. The minimum atomic E-state index is -1.00. The Morgan fingerprint density at radius 2 is 1.81 bits per heavy atom. The van der Waals surface area contributed by atoms with E-state index in [2.05, 4.69) is 53.9 Å². The van der Waals surface area contributed by atoms with E-state index in [1.165, 1.54) is 18.1 Å². The fraction of sp³-hybridized carbons (Fsp3) is 0.419. The fourth-order valence-corrected chi connectivity index (χ4v) is 4.55. The van der Waals surface area contributed by atoms with E-state index in [1.54, 1.807) is 12.1 Å². The number of hydrogen-bond donors (Lipinski definition) is 2. The number of nitrogens with one attached hydrogen (secondary N) is 1. The van der Waals surface area contributed by atoms with Gasteiger partial charge >= 0.3 is 5.97 Å². The van der Waals surface area contributed by atoms with Crippen molar-refractivity contribution in [1.29, 1.82) is 0 Å². The van der Waals surface area contributed by atoms with E-state index in [-0.39, 0.29) is 17.6 Å². The molecule has 198 valence electrons. The second-order valence-electron chi connectivity index (χ2n) is 9.34. The molecule has 2 N–H and O–H groups in total. The molecule has 2 aromatic carbocycles. The van der Waals surface area contributed by atoms with E-state index in [1.807, 2.05) is 18.7 Å². The molecule has 0 aromatic heterocycles. The molecule has 1 aliphatic carbocycles. The number of amides is 1. The number of nitrogens with zero attached hydrogens (tertiary/aromatic N) is 1. The van der Waals surface area contributed by atoms with Crippen LogP contribution in [0, 0.1) is 0 Å². The maximum absolute atomic E-state index is 12.5. The Labute approximate surface area is 221 Å². The molecule has 1 atom stereocenters. The van der Waals surface area contributed by atoms with Crippen LogP contribution in [0.15, 0.2) is 72.3 Å². The van der Waals surface area contributed by atoms with Crippen LogP contribution in [0.3, 0.4) is 0 Å². The zero-order chi connectivity index (χ0) is 26.5. The van der Waals surface area contributed by atoms with Crippen molar-refractivity contribution in [3.8, 4) is 0 Å². The average molecular weight is 505 g/mol. The summed E-state index contributed by atoms with van der Waals surface area (Å²) >= 11 is 0. The van der Waals surface area contributed by atoms with Crippen molar-refractivity contribution in [2.45, 2.75) is 64.9 Å². The second kappa shape index (κ2) is 15.0. The molecule has 0 heterocycles. The van der Waals surface area contributed by atoms with Crippen LogP contribution in [0.1, 0.15) is 68.3 Å². The van der Waals surface area contributed by atoms with Gasteiger partial charge in [0.2, 0.25) is 5.91 Å². The molecule has 37 heavy (non-hydrogen) atoms. The van der Waals surface area contributed by atoms with E-state index in [0.29, 0.717) is 37.3 Å². The summed E-state index contributed by atoms with van der Waals surface area (Å²) in [4.78, 5) is 26.2. The van der Waals surface area contributed by atoms with E-state index in [4.69, 9.17) is 4.74 Å². The van der Waals surface area contributed by atoms with Gasteiger partial charge in [0.05, 0.1) is 17.4 Å². The van der Waals surface area contributed by atoms with Gasteiger partial charge in [-0.25, -0.2) is 4.79 Å². The predicted octanol–water partition coefficient (Wildman–Crippen LogP) is 6.63. The van der Waals surface area contributed by atoms with Crippen molar-refractivity contribution >= 4 is 23.3 Å². The molecule has 0 aliphatic heterocycles. The largest absolute Gasteiger partial charge is 0.478 e. The second-order valence-corrected chi connectivity index (χ2v) is 9.34. The number of anilines is 2. The first-order valence-corrected chi connectivity index (χ1v) is 13.4. The molecule has 6 heteroatoms. The Bertz CT molecular complexity index is 1070. The summed E-state index contributed by atoms with van der Waals surface area (Å²) in [5, 5.41) is 12.5. The van der Waals surface area contributed by atoms with Gasteiger partial charge in [-0.15, -0.1) is 0 Å². The molecule has 0 saturated heterocycles. The summed E-state index contributed by atoms with van der Waals surface area (Å²) in [6.45, 7) is 6.17. The molecule has 0 bridgehead atoms. The molecule has 0 saturated carbocycles. The highest BCUT2D eigenvalue weighted by Crippen LogP contribution is 2.25. The molecule has 0 radical (unpaired) electrons. The lowest BCUT2D eigenvalue weighted by molar-refractivity contribution is -0.116. The molecule has 6 nitrogen and oxygen atoms in total. The number of unbranched alkanes of at least 4 members (excludes halogenated alkanes) is 2. The van der Waals surface area contributed by atoms with Crippen molar-refractivity contribution in [2.24, 2.45) is 0 Å². The average Bonchev–Trinajstić information content (AvgIpc) is 2.92. The first-order valence-electron chi connectivity index (χ1n) is 13.4. The Kier molecular flexibility index (Phi) is 11.4. The Hall–Kier alpha value is -3.38. The van der Waals surface area contributed by atoms with Gasteiger partial charge in [0.25, 0.3) is 0 Å². The number of rotatable bonds is 15. The highest BCUT2D eigenvalue weighted by molar-refractivity contribution is 5.98. The van der Waals surface area contributed by atoms with Crippen molar-refractivity contribution in [1.82, 2.24) is 0 Å². The molecular weight excluding hydrogens is 464 g/mol. The molecule has 0 spiro atoms. The summed E-state index contributed by atoms with van der Waals surface area (Å²) in [6, 6.07) is 15.7. The summed E-state index contributed by atoms with van der Waals surface area (Å²) < 4.78 is 6.00. The third-order valence-corrected chi connectivity index (χ3v) is 6.68. The Morgan fingerprint density at radius 3 is 2.49 bits per heavy atom. The first-order chi connectivity index (χ1) is 18.0. The number of carboxylic acids is 1. The third-order valence-electron chi connectivity index (χ3n) is 6.68. The quantitative estimate of drug-likeness (QED) is 0.266. The zero-order valence-corrected chi connectivity index (χ0v) is 22.1. The standard InChI is InChI=1S/C31H40N2O4/c1-3-33(4-2)29-20-17-26(23-28(29)31(35)36)32-30(34)21-16-25-14-18-27(19-15-25)37-22-10-6-9-13-24-11-7-5-8-12-24/h5,7-8,11-12,14-15,17-18,20,23,27H,3-4,6,9-10,13,16,19,21-22H2,1-2H3,(H,32,34)(H,35,36). The number of aromatic carboxylic acids is 1. The molecule has 1 unspecified atom stereocenters. The number of carbonyl (C=O) groups is 2. The van der Waals surface area contributed by atoms with Crippen LogP contribution in [-0.4, -0.2) is 42.8 Å². The highest BCUT2D eigenvalue weighted by Gasteiger charge is 2.16. The minimum absolute atomic E-state index is 0.102. The van der Waals surface area contributed by atoms with Crippen LogP contribution in [0.5, 0.6) is 0 Å². The molecule has 1 amide bonds. The third kappa shape index (κ3) is 9.21. The number of allylic oxidation sites excluding steroid dienone is 2. The number of benzene rings is 2. The number of ether oxygens (including phenoxy) is 1. The van der Waals surface area contributed by atoms with E-state index < -0.39 is 5.97 Å². The monoisotopic (exact) mass is 504 g/mol. The van der Waals surface area contributed by atoms with Crippen molar-refractivity contribution in [2.75, 3.05) is 29.9 Å². The Balaban J connectivity index is 1.35. The fourth-order valence-electron chi connectivity index (χ4n) is 4.55. The number of carboxylic acid groups (broad SMARTS) is 1. The van der Waals surface area contributed by atoms with Crippen LogP contribution in [0.4, 0.5) is 11.4 Å². The van der Waals surface area contributed by atoms with Crippen LogP contribution < -0.4 is 10.2 Å². The van der Waals surface area contributed by atoms with Crippen LogP contribution in [0.25, 0.3) is 0 Å². The topological polar surface area (TPSA) is 78.9 Å². The first kappa shape index (κ1) is 28.2. The van der Waals surface area contributed by atoms with Gasteiger partial charge in [-0.1, -0.05) is 60.6 Å². The van der Waals surface area contributed by atoms with Crippen molar-refractivity contribution < 1.29 is 19.4 Å². The van der Waals surface area contributed by atoms with Crippen LogP contribution in [0.2, 0.25) is 0 Å². The molecule has 2 aromatic rings. The molecular formula is C31H40N2O4. The van der Waals surface area contributed by atoms with Gasteiger partial charge in [-0.3, -0.25) is 4.79 Å². The highest BCUT2D eigenvalue weighted by atomic mass is 16.5. The number of carbonyl (C=O) groups excluding carboxylic acids is 1. The molecule has 0 fully saturated rings. The number of aryl methyl sites for hydroxylation is 1. The van der Waals surface area contributed by atoms with E-state index >= 15 is 0 Å². The SMILES string of the molecule is CCN(CC)c1ccc(NC(=O)CCC2=CCC(OCCCCCc3ccccc3)C=C2)cc1C(=O)O. The summed E-state index contributed by atoms with van der Waals surface area (Å²) in [6.07, 6.45) is 12.7. The minimum Gasteiger partial charge on any atom is -0.478 e. The summed E-state index contributed by atoms with van der Waals surface area (Å²) in [7, 11) is 0. The van der Waals surface area contributed by atoms with Crippen LogP contribution >= 0.6 is 0 Å². The van der Waals surface area contributed by atoms with Gasteiger partial charge in [-0.2, -0.15) is 0 Å². The maximum atomic E-state index is 12.5. The van der Waals surface area contributed by atoms with Gasteiger partial charge in [0, 0.05) is 31.8 Å². The number of hydrogen-bond acceptors (Lipinski definition) is 4. The van der Waals surface area contributed by atoms with Gasteiger partial charge in [0.1, 0.15) is 0 Å². The normalized spacial score (nSPS) is 14.8. The Morgan fingerprint density at radius 1 is 1.03 bits per heavy atom. The van der Waals surface area contributed by atoms with Crippen LogP contribution in [-0.2, 0) is 16.0 Å². The smallest absolute Gasteiger partial charge is 0.337 e. The van der Waals surface area contributed by atoms with Crippen molar-refractivity contribution in [3.63, 3.8) is 0 Å². The predicted molar refractivity (Wildman–Crippen MR) is 150 cm³/mol. The molecule has 1 aliphatic rings. The lowest BCUT2D eigenvalue weighted by atomic mass is 10.0. The van der Waals surface area contributed by atoms with E-state index in [0.717, 1.165) is 37.9 Å². The lowest BCUT2D eigenvalue weighted by Crippen LogP contribution is -2.24. The van der Waals surface area contributed by atoms with Gasteiger partial charge in [0.15, 0.2) is 0 Å². The van der Waals surface area contributed by atoms with Gasteiger partial charge < -0.3 is 20.1 Å². The molecule has 3 rings (SSSR count). The zero-order valence-electron chi connectivity index (χ0n) is 22.1. The van der Waals surface area contributed by atoms with E-state index in [9.17, 15) is 14.7 Å². The summed E-state index contributed by atoms with van der Waals surface area (Å²) in [5.74, 6) is -1.13.